The molecule has 2 rings (SSSR count). The molecule has 0 radical (unpaired) electrons. The Labute approximate surface area is 114 Å². The highest BCUT2D eigenvalue weighted by Crippen LogP contribution is 2.21. The number of aryl methyl sites for hydroxylation is 1. The van der Waals surface area contributed by atoms with Crippen molar-refractivity contribution >= 4 is 34.7 Å². The second-order valence-corrected chi connectivity index (χ2v) is 5.57. The number of anilines is 2. The Kier molecular flexibility index (Phi) is 4.03. The Morgan fingerprint density at radius 3 is 2.83 bits per heavy atom. The third-order valence-electron chi connectivity index (χ3n) is 2.51. The van der Waals surface area contributed by atoms with Crippen LogP contribution >= 0.6 is 23.1 Å². The van der Waals surface area contributed by atoms with E-state index in [4.69, 9.17) is 5.73 Å². The molecule has 0 aromatic carbocycles. The molecule has 0 aliphatic rings. The number of nitrogens with zero attached hydrogens (tertiary/aromatic N) is 4. The molecule has 2 heterocycles. The summed E-state index contributed by atoms with van der Waals surface area (Å²) in [4.78, 5) is 16.1. The normalized spacial score (nSPS) is 10.6. The minimum atomic E-state index is 0.497. The van der Waals surface area contributed by atoms with Crippen molar-refractivity contribution in [3.05, 3.63) is 22.1 Å². The van der Waals surface area contributed by atoms with E-state index >= 15 is 0 Å². The van der Waals surface area contributed by atoms with Gasteiger partial charge in [-0.05, 0) is 13.2 Å². The van der Waals surface area contributed by atoms with Crippen LogP contribution in [0.5, 0.6) is 0 Å². The van der Waals surface area contributed by atoms with E-state index in [0.29, 0.717) is 11.0 Å². The Bertz CT molecular complexity index is 540. The maximum absolute atomic E-state index is 5.78. The number of hydrogen-bond donors (Lipinski definition) is 1. The van der Waals surface area contributed by atoms with E-state index in [1.165, 1.54) is 16.6 Å². The monoisotopic (exact) mass is 281 g/mol. The SMILES string of the molecule is CSc1nc(N)cc(N(C)Cc2scnc2C)n1. The zero-order valence-corrected chi connectivity index (χ0v) is 12.2. The molecule has 0 saturated heterocycles. The van der Waals surface area contributed by atoms with Crippen molar-refractivity contribution in [3.63, 3.8) is 0 Å². The second-order valence-electron chi connectivity index (χ2n) is 3.85. The average molecular weight is 281 g/mol. The summed E-state index contributed by atoms with van der Waals surface area (Å²) in [6.45, 7) is 2.79. The van der Waals surface area contributed by atoms with E-state index in [-0.39, 0.29) is 0 Å². The molecule has 7 heteroatoms. The van der Waals surface area contributed by atoms with E-state index in [1.54, 1.807) is 17.4 Å². The van der Waals surface area contributed by atoms with Crippen molar-refractivity contribution in [1.29, 1.82) is 0 Å². The fraction of sp³-hybridized carbons (Fsp3) is 0.364. The van der Waals surface area contributed by atoms with E-state index in [2.05, 4.69) is 19.9 Å². The van der Waals surface area contributed by atoms with Crippen LogP contribution < -0.4 is 10.6 Å². The number of thiazole rings is 1. The number of nitrogens with two attached hydrogens (primary N) is 1. The fourth-order valence-electron chi connectivity index (χ4n) is 1.49. The van der Waals surface area contributed by atoms with Crippen molar-refractivity contribution in [2.75, 3.05) is 23.9 Å². The highest BCUT2D eigenvalue weighted by Gasteiger charge is 2.10. The topological polar surface area (TPSA) is 67.9 Å². The quantitative estimate of drug-likeness (QED) is 0.684. The van der Waals surface area contributed by atoms with Crippen molar-refractivity contribution in [1.82, 2.24) is 15.0 Å². The largest absolute Gasteiger partial charge is 0.383 e. The van der Waals surface area contributed by atoms with Crippen molar-refractivity contribution in [2.24, 2.45) is 0 Å². The van der Waals surface area contributed by atoms with Crippen molar-refractivity contribution < 1.29 is 0 Å². The van der Waals surface area contributed by atoms with Crippen LogP contribution in [-0.4, -0.2) is 28.3 Å². The molecule has 2 aromatic rings. The number of aromatic nitrogens is 3. The molecule has 0 aliphatic heterocycles. The lowest BCUT2D eigenvalue weighted by molar-refractivity contribution is 0.862. The Morgan fingerprint density at radius 2 is 2.22 bits per heavy atom. The molecule has 0 fully saturated rings. The Morgan fingerprint density at radius 1 is 1.44 bits per heavy atom. The summed E-state index contributed by atoms with van der Waals surface area (Å²) in [5, 5.41) is 0.692. The van der Waals surface area contributed by atoms with Crippen molar-refractivity contribution in [3.8, 4) is 0 Å². The summed E-state index contributed by atoms with van der Waals surface area (Å²) in [7, 11) is 1.99. The summed E-state index contributed by atoms with van der Waals surface area (Å²) in [5.41, 5.74) is 8.70. The number of thioether (sulfide) groups is 1. The first-order valence-electron chi connectivity index (χ1n) is 5.39. The van der Waals surface area contributed by atoms with E-state index < -0.39 is 0 Å². The predicted octanol–water partition coefficient (Wildman–Crippen LogP) is 2.18. The summed E-state index contributed by atoms with van der Waals surface area (Å²) >= 11 is 3.14. The van der Waals surface area contributed by atoms with Gasteiger partial charge in [0.2, 0.25) is 0 Å². The molecular weight excluding hydrogens is 266 g/mol. The van der Waals surface area contributed by atoms with Crippen LogP contribution in [-0.2, 0) is 6.54 Å². The molecule has 0 aliphatic carbocycles. The van der Waals surface area contributed by atoms with Gasteiger partial charge in [-0.3, -0.25) is 0 Å². The minimum absolute atomic E-state index is 0.497. The first-order chi connectivity index (χ1) is 8.60. The number of hydrogen-bond acceptors (Lipinski definition) is 7. The predicted molar refractivity (Wildman–Crippen MR) is 77.2 cm³/mol. The molecule has 18 heavy (non-hydrogen) atoms. The molecule has 96 valence electrons. The maximum atomic E-state index is 5.78. The van der Waals surface area contributed by atoms with Crippen LogP contribution in [0, 0.1) is 6.92 Å². The van der Waals surface area contributed by atoms with Gasteiger partial charge in [-0.25, -0.2) is 15.0 Å². The smallest absolute Gasteiger partial charge is 0.191 e. The Hall–Kier alpha value is -1.34. The average Bonchev–Trinajstić information content (AvgIpc) is 2.74. The highest BCUT2D eigenvalue weighted by atomic mass is 32.2. The zero-order chi connectivity index (χ0) is 13.1. The van der Waals surface area contributed by atoms with Gasteiger partial charge >= 0.3 is 0 Å². The third-order valence-corrected chi connectivity index (χ3v) is 3.98. The lowest BCUT2D eigenvalue weighted by atomic mass is 10.3. The summed E-state index contributed by atoms with van der Waals surface area (Å²) in [5.74, 6) is 1.33. The molecule has 0 spiro atoms. The van der Waals surface area contributed by atoms with Crippen LogP contribution in [0.25, 0.3) is 0 Å². The van der Waals surface area contributed by atoms with Gasteiger partial charge in [0.1, 0.15) is 11.6 Å². The first-order valence-corrected chi connectivity index (χ1v) is 7.49. The Balaban J connectivity index is 2.20. The highest BCUT2D eigenvalue weighted by molar-refractivity contribution is 7.98. The van der Waals surface area contributed by atoms with Gasteiger partial charge in [-0.2, -0.15) is 0 Å². The second kappa shape index (κ2) is 5.53. The molecule has 0 unspecified atom stereocenters. The van der Waals surface area contributed by atoms with Gasteiger partial charge < -0.3 is 10.6 Å². The molecule has 0 atom stereocenters. The van der Waals surface area contributed by atoms with Gasteiger partial charge in [0.15, 0.2) is 5.16 Å². The summed E-state index contributed by atoms with van der Waals surface area (Å²) in [6, 6.07) is 1.79. The minimum Gasteiger partial charge on any atom is -0.383 e. The molecular formula is C11H15N5S2. The van der Waals surface area contributed by atoms with E-state index in [1.807, 2.05) is 25.7 Å². The number of rotatable bonds is 4. The fourth-order valence-corrected chi connectivity index (χ4v) is 2.70. The maximum Gasteiger partial charge on any atom is 0.191 e. The van der Waals surface area contributed by atoms with Gasteiger partial charge in [-0.15, -0.1) is 11.3 Å². The van der Waals surface area contributed by atoms with E-state index in [9.17, 15) is 0 Å². The van der Waals surface area contributed by atoms with Gasteiger partial charge in [0.25, 0.3) is 0 Å². The molecule has 0 bridgehead atoms. The van der Waals surface area contributed by atoms with Gasteiger partial charge in [0, 0.05) is 18.0 Å². The summed E-state index contributed by atoms with van der Waals surface area (Å²) in [6.07, 6.45) is 1.94. The third kappa shape index (κ3) is 2.91. The lowest BCUT2D eigenvalue weighted by Gasteiger charge is -2.18. The number of nitrogen functional groups attached to an aromatic ring is 1. The van der Waals surface area contributed by atoms with Crippen LogP contribution in [0.15, 0.2) is 16.7 Å². The van der Waals surface area contributed by atoms with Crippen LogP contribution in [0.1, 0.15) is 10.6 Å². The van der Waals surface area contributed by atoms with E-state index in [0.717, 1.165) is 18.1 Å². The molecule has 5 nitrogen and oxygen atoms in total. The zero-order valence-electron chi connectivity index (χ0n) is 10.5. The molecule has 0 amide bonds. The lowest BCUT2D eigenvalue weighted by Crippen LogP contribution is -2.18. The standard InChI is InChI=1S/C11H15N5S2/c1-7-8(18-6-13-7)5-16(2)10-4-9(12)14-11(15-10)17-3/h4,6H,5H2,1-3H3,(H2,12,14,15). The summed E-state index contributed by atoms with van der Waals surface area (Å²) < 4.78 is 0. The molecule has 0 saturated carbocycles. The van der Waals surface area contributed by atoms with Crippen LogP contribution in [0.3, 0.4) is 0 Å². The molecule has 2 N–H and O–H groups in total. The van der Waals surface area contributed by atoms with Crippen LogP contribution in [0.2, 0.25) is 0 Å². The van der Waals surface area contributed by atoms with Gasteiger partial charge in [0.05, 0.1) is 17.7 Å². The first kappa shape index (κ1) is 13.1. The van der Waals surface area contributed by atoms with Crippen LogP contribution in [0.4, 0.5) is 11.6 Å². The van der Waals surface area contributed by atoms with Crippen molar-refractivity contribution in [2.45, 2.75) is 18.6 Å². The van der Waals surface area contributed by atoms with Gasteiger partial charge in [-0.1, -0.05) is 11.8 Å². The molecule has 2 aromatic heterocycles.